The number of nitrogens with zero attached hydrogens (tertiary/aromatic N) is 1. The van der Waals surface area contributed by atoms with Crippen LogP contribution in [-0.4, -0.2) is 56.1 Å². The molecule has 0 saturated heterocycles. The number of aromatic nitrogens is 1. The van der Waals surface area contributed by atoms with E-state index in [0.29, 0.717) is 47.1 Å². The van der Waals surface area contributed by atoms with Gasteiger partial charge in [-0.15, -0.1) is 0 Å². The molecule has 0 fully saturated rings. The number of ketones is 1. The number of hydrogen-bond acceptors (Lipinski definition) is 6. The predicted octanol–water partition coefficient (Wildman–Crippen LogP) is 3.14. The van der Waals surface area contributed by atoms with Crippen molar-refractivity contribution in [2.75, 3.05) is 34.4 Å². The van der Waals surface area contributed by atoms with Crippen molar-refractivity contribution in [3.8, 4) is 11.5 Å². The van der Waals surface area contributed by atoms with Crippen molar-refractivity contribution in [1.82, 2.24) is 9.88 Å². The molecule has 0 unspecified atom stereocenters. The molecule has 0 saturated carbocycles. The second kappa shape index (κ2) is 9.41. The van der Waals surface area contributed by atoms with Crippen LogP contribution in [0.2, 0.25) is 0 Å². The third kappa shape index (κ3) is 4.54. The van der Waals surface area contributed by atoms with Crippen LogP contribution in [0.15, 0.2) is 18.2 Å². The highest BCUT2D eigenvalue weighted by atomic mass is 16.5. The van der Waals surface area contributed by atoms with Crippen molar-refractivity contribution in [1.29, 1.82) is 0 Å². The number of aromatic amines is 1. The normalized spacial score (nSPS) is 10.8. The molecule has 0 aliphatic rings. The summed E-state index contributed by atoms with van der Waals surface area (Å²) < 4.78 is 15.4. The SMILES string of the molecule is CCN(CC(=O)c1[nH]c(C)c(C(=O)OC)c1C)Cc1ccc(OC)c(OC)c1. The van der Waals surface area contributed by atoms with Crippen LogP contribution in [0.5, 0.6) is 11.5 Å². The highest BCUT2D eigenvalue weighted by Gasteiger charge is 2.23. The predicted molar refractivity (Wildman–Crippen MR) is 106 cm³/mol. The molecule has 1 heterocycles. The Kier molecular flexibility index (Phi) is 7.23. The van der Waals surface area contributed by atoms with E-state index in [2.05, 4.69) is 4.98 Å². The summed E-state index contributed by atoms with van der Waals surface area (Å²) in [6.07, 6.45) is 0. The van der Waals surface area contributed by atoms with Crippen molar-refractivity contribution >= 4 is 11.8 Å². The number of benzene rings is 1. The molecule has 1 aromatic carbocycles. The number of hydrogen-bond donors (Lipinski definition) is 1. The fraction of sp³-hybridized carbons (Fsp3) is 0.429. The quantitative estimate of drug-likeness (QED) is 0.525. The summed E-state index contributed by atoms with van der Waals surface area (Å²) in [4.78, 5) is 29.9. The Morgan fingerprint density at radius 3 is 2.32 bits per heavy atom. The maximum Gasteiger partial charge on any atom is 0.339 e. The molecular weight excluding hydrogens is 360 g/mol. The van der Waals surface area contributed by atoms with E-state index in [1.807, 2.05) is 30.0 Å². The number of nitrogens with one attached hydrogen (secondary N) is 1. The van der Waals surface area contributed by atoms with Gasteiger partial charge in [0.1, 0.15) is 0 Å². The van der Waals surface area contributed by atoms with Gasteiger partial charge in [-0.1, -0.05) is 13.0 Å². The van der Waals surface area contributed by atoms with Gasteiger partial charge in [-0.3, -0.25) is 9.69 Å². The largest absolute Gasteiger partial charge is 0.493 e. The van der Waals surface area contributed by atoms with Crippen LogP contribution in [-0.2, 0) is 11.3 Å². The Morgan fingerprint density at radius 2 is 1.75 bits per heavy atom. The van der Waals surface area contributed by atoms with Crippen LogP contribution in [0.4, 0.5) is 0 Å². The lowest BCUT2D eigenvalue weighted by atomic mass is 10.1. The molecule has 0 bridgehead atoms. The van der Waals surface area contributed by atoms with Gasteiger partial charge in [-0.25, -0.2) is 4.79 Å². The maximum atomic E-state index is 12.9. The van der Waals surface area contributed by atoms with Crippen molar-refractivity contribution < 1.29 is 23.8 Å². The van der Waals surface area contributed by atoms with Gasteiger partial charge in [0.05, 0.1) is 39.1 Å². The molecule has 7 nitrogen and oxygen atoms in total. The minimum absolute atomic E-state index is 0.0712. The molecule has 28 heavy (non-hydrogen) atoms. The highest BCUT2D eigenvalue weighted by Crippen LogP contribution is 2.28. The summed E-state index contributed by atoms with van der Waals surface area (Å²) in [5.74, 6) is 0.806. The molecule has 7 heteroatoms. The highest BCUT2D eigenvalue weighted by molar-refractivity contribution is 6.02. The lowest BCUT2D eigenvalue weighted by molar-refractivity contribution is 0.0599. The molecule has 152 valence electrons. The van der Waals surface area contributed by atoms with Gasteiger partial charge in [-0.2, -0.15) is 0 Å². The number of esters is 1. The monoisotopic (exact) mass is 388 g/mol. The van der Waals surface area contributed by atoms with Gasteiger partial charge in [-0.05, 0) is 43.7 Å². The minimum atomic E-state index is -0.442. The van der Waals surface area contributed by atoms with E-state index < -0.39 is 5.97 Å². The third-order valence-electron chi connectivity index (χ3n) is 4.77. The Labute approximate surface area is 165 Å². The molecule has 0 aliphatic heterocycles. The number of carbonyl (C=O) groups is 2. The first-order valence-corrected chi connectivity index (χ1v) is 9.10. The molecular formula is C21H28N2O5. The number of methoxy groups -OCH3 is 3. The van der Waals surface area contributed by atoms with Gasteiger partial charge in [0.25, 0.3) is 0 Å². The molecule has 2 rings (SSSR count). The van der Waals surface area contributed by atoms with Gasteiger partial charge >= 0.3 is 5.97 Å². The number of aryl methyl sites for hydroxylation is 1. The standard InChI is InChI=1S/C21H28N2O5/c1-7-23(11-15-8-9-17(26-4)18(10-15)27-5)12-16(24)20-13(2)19(14(3)22-20)21(25)28-6/h8-10,22H,7,11-12H2,1-6H3. The molecule has 0 aliphatic carbocycles. The van der Waals surface area contributed by atoms with E-state index in [9.17, 15) is 9.59 Å². The topological polar surface area (TPSA) is 80.9 Å². The Morgan fingerprint density at radius 1 is 1.07 bits per heavy atom. The summed E-state index contributed by atoms with van der Waals surface area (Å²) >= 11 is 0. The van der Waals surface area contributed by atoms with Gasteiger partial charge in [0, 0.05) is 12.2 Å². The average Bonchev–Trinajstić information content (AvgIpc) is 3.00. The van der Waals surface area contributed by atoms with E-state index in [1.165, 1.54) is 7.11 Å². The van der Waals surface area contributed by atoms with E-state index in [1.54, 1.807) is 28.1 Å². The van der Waals surface area contributed by atoms with Gasteiger partial charge in [0.15, 0.2) is 17.3 Å². The number of rotatable bonds is 9. The molecule has 0 radical (unpaired) electrons. The number of Topliss-reactive ketones (excluding diaryl/α,β-unsaturated/α-hetero) is 1. The first-order valence-electron chi connectivity index (χ1n) is 9.10. The fourth-order valence-corrected chi connectivity index (χ4v) is 3.24. The third-order valence-corrected chi connectivity index (χ3v) is 4.77. The summed E-state index contributed by atoms with van der Waals surface area (Å²) in [6.45, 7) is 7.03. The number of carbonyl (C=O) groups excluding carboxylic acids is 2. The fourth-order valence-electron chi connectivity index (χ4n) is 3.24. The molecule has 0 spiro atoms. The number of ether oxygens (including phenoxy) is 3. The second-order valence-electron chi connectivity index (χ2n) is 6.53. The van der Waals surface area contributed by atoms with Crippen molar-refractivity contribution in [2.24, 2.45) is 0 Å². The zero-order chi connectivity index (χ0) is 20.8. The van der Waals surface area contributed by atoms with Crippen molar-refractivity contribution in [3.63, 3.8) is 0 Å². The van der Waals surface area contributed by atoms with E-state index in [-0.39, 0.29) is 12.3 Å². The smallest absolute Gasteiger partial charge is 0.339 e. The average molecular weight is 388 g/mol. The molecule has 1 N–H and O–H groups in total. The first-order chi connectivity index (χ1) is 13.4. The summed E-state index contributed by atoms with van der Waals surface area (Å²) in [5.41, 5.74) is 3.14. The lowest BCUT2D eigenvalue weighted by Crippen LogP contribution is -2.30. The number of H-pyrrole nitrogens is 1. The van der Waals surface area contributed by atoms with Crippen LogP contribution >= 0.6 is 0 Å². The second-order valence-corrected chi connectivity index (χ2v) is 6.53. The van der Waals surface area contributed by atoms with Crippen molar-refractivity contribution in [3.05, 3.63) is 46.3 Å². The van der Waals surface area contributed by atoms with Crippen LogP contribution in [0.1, 0.15) is 44.6 Å². The zero-order valence-electron chi connectivity index (χ0n) is 17.3. The Balaban J connectivity index is 2.17. The molecule has 0 atom stereocenters. The van der Waals surface area contributed by atoms with Crippen LogP contribution < -0.4 is 9.47 Å². The minimum Gasteiger partial charge on any atom is -0.493 e. The van der Waals surface area contributed by atoms with E-state index >= 15 is 0 Å². The molecule has 2 aromatic rings. The van der Waals surface area contributed by atoms with Crippen LogP contribution in [0, 0.1) is 13.8 Å². The van der Waals surface area contributed by atoms with Gasteiger partial charge < -0.3 is 19.2 Å². The first kappa shape index (κ1) is 21.5. The summed E-state index contributed by atoms with van der Waals surface area (Å²) in [7, 11) is 4.52. The number of likely N-dealkylation sites (N-methyl/N-ethyl adjacent to an activating group) is 1. The van der Waals surface area contributed by atoms with Crippen LogP contribution in [0.3, 0.4) is 0 Å². The Hall–Kier alpha value is -2.80. The Bertz CT molecular complexity index is 857. The maximum absolute atomic E-state index is 12.9. The van der Waals surface area contributed by atoms with Crippen LogP contribution in [0.25, 0.3) is 0 Å². The zero-order valence-corrected chi connectivity index (χ0v) is 17.3. The van der Waals surface area contributed by atoms with Crippen molar-refractivity contribution in [2.45, 2.75) is 27.3 Å². The van der Waals surface area contributed by atoms with Gasteiger partial charge in [0.2, 0.25) is 0 Å². The lowest BCUT2D eigenvalue weighted by Gasteiger charge is -2.20. The summed E-state index contributed by atoms with van der Waals surface area (Å²) in [5, 5.41) is 0. The summed E-state index contributed by atoms with van der Waals surface area (Å²) in [6, 6.07) is 5.71. The molecule has 0 amide bonds. The molecule has 1 aromatic heterocycles. The van der Waals surface area contributed by atoms with E-state index in [4.69, 9.17) is 14.2 Å². The van der Waals surface area contributed by atoms with E-state index in [0.717, 1.165) is 5.56 Å².